The minimum atomic E-state index is -0.0511. The van der Waals surface area contributed by atoms with Crippen LogP contribution >= 0.6 is 11.8 Å². The van der Waals surface area contributed by atoms with Crippen molar-refractivity contribution in [1.29, 1.82) is 0 Å². The number of benzene rings is 2. The molecule has 0 radical (unpaired) electrons. The maximum absolute atomic E-state index is 11.0. The molecule has 22 heavy (non-hydrogen) atoms. The number of amidine groups is 1. The van der Waals surface area contributed by atoms with E-state index < -0.39 is 0 Å². The average molecular weight is 311 g/mol. The van der Waals surface area contributed by atoms with E-state index in [-0.39, 0.29) is 11.7 Å². The molecule has 1 heterocycles. The second kappa shape index (κ2) is 6.44. The molecule has 3 rings (SSSR count). The molecule has 1 saturated heterocycles. The van der Waals surface area contributed by atoms with E-state index in [1.54, 1.807) is 24.4 Å². The molecular weight excluding hydrogens is 298 g/mol. The number of thioether (sulfide) groups is 1. The summed E-state index contributed by atoms with van der Waals surface area (Å²) in [6.07, 6.45) is 1.63. The van der Waals surface area contributed by atoms with Gasteiger partial charge in [-0.1, -0.05) is 42.1 Å². The zero-order valence-corrected chi connectivity index (χ0v) is 12.4. The predicted molar refractivity (Wildman–Crippen MR) is 89.2 cm³/mol. The number of amides is 1. The Bertz CT molecular complexity index is 771. The Morgan fingerprint density at radius 2 is 1.91 bits per heavy atom. The molecule has 0 bridgehead atoms. The summed E-state index contributed by atoms with van der Waals surface area (Å²) in [4.78, 5) is 11.0. The lowest BCUT2D eigenvalue weighted by Gasteiger charge is -2.03. The van der Waals surface area contributed by atoms with E-state index in [4.69, 9.17) is 0 Å². The van der Waals surface area contributed by atoms with Crippen LogP contribution in [0.2, 0.25) is 0 Å². The fourth-order valence-corrected chi connectivity index (χ4v) is 2.64. The van der Waals surface area contributed by atoms with Crippen molar-refractivity contribution < 1.29 is 9.90 Å². The highest BCUT2D eigenvalue weighted by molar-refractivity contribution is 8.15. The number of rotatable bonds is 3. The molecule has 6 heteroatoms. The zero-order chi connectivity index (χ0) is 15.4. The summed E-state index contributed by atoms with van der Waals surface area (Å²) in [6.45, 7) is 0. The zero-order valence-electron chi connectivity index (χ0n) is 11.6. The van der Waals surface area contributed by atoms with Crippen LogP contribution < -0.4 is 5.32 Å². The minimum Gasteiger partial charge on any atom is -0.508 e. The topological polar surface area (TPSA) is 74.0 Å². The highest BCUT2D eigenvalue weighted by atomic mass is 32.2. The number of phenols is 1. The van der Waals surface area contributed by atoms with Gasteiger partial charge in [-0.15, -0.1) is 5.10 Å². The number of carbonyl (C=O) groups is 1. The highest BCUT2D eigenvalue weighted by Crippen LogP contribution is 2.23. The van der Waals surface area contributed by atoms with E-state index in [0.717, 1.165) is 16.7 Å². The predicted octanol–water partition coefficient (Wildman–Crippen LogP) is 2.61. The van der Waals surface area contributed by atoms with Crippen LogP contribution in [0, 0.1) is 0 Å². The molecule has 1 aliphatic rings. The third kappa shape index (κ3) is 3.53. The number of carbonyl (C=O) groups excluding carboxylic acids is 1. The van der Waals surface area contributed by atoms with Gasteiger partial charge in [-0.25, -0.2) is 0 Å². The van der Waals surface area contributed by atoms with Gasteiger partial charge in [0.05, 0.1) is 12.0 Å². The van der Waals surface area contributed by atoms with Gasteiger partial charge in [-0.2, -0.15) is 5.10 Å². The van der Waals surface area contributed by atoms with Crippen LogP contribution in [0.3, 0.4) is 0 Å². The summed E-state index contributed by atoms with van der Waals surface area (Å²) < 4.78 is 0. The van der Waals surface area contributed by atoms with E-state index in [1.807, 2.05) is 30.3 Å². The number of phenolic OH excluding ortho intramolecular Hbond substituents is 1. The quantitative estimate of drug-likeness (QED) is 0.676. The Hall–Kier alpha value is -2.60. The SMILES string of the molecule is O=C1CSC(=NN=Cc2cccc(-c3cccc(O)c3)c2)N1. The Morgan fingerprint density at radius 1 is 1.14 bits per heavy atom. The monoisotopic (exact) mass is 311 g/mol. The Morgan fingerprint density at radius 3 is 2.64 bits per heavy atom. The molecule has 0 atom stereocenters. The molecule has 0 aromatic heterocycles. The molecule has 2 aromatic carbocycles. The van der Waals surface area contributed by atoms with Gasteiger partial charge < -0.3 is 10.4 Å². The highest BCUT2D eigenvalue weighted by Gasteiger charge is 2.15. The minimum absolute atomic E-state index is 0.0511. The first kappa shape index (κ1) is 14.3. The van der Waals surface area contributed by atoms with Gasteiger partial charge in [0.1, 0.15) is 5.75 Å². The lowest BCUT2D eigenvalue weighted by Crippen LogP contribution is -2.19. The maximum Gasteiger partial charge on any atom is 0.236 e. The molecule has 0 aliphatic carbocycles. The average Bonchev–Trinajstić information content (AvgIpc) is 2.93. The van der Waals surface area contributed by atoms with Gasteiger partial charge in [-0.05, 0) is 34.9 Å². The van der Waals surface area contributed by atoms with Crippen LogP contribution in [0.1, 0.15) is 5.56 Å². The molecule has 110 valence electrons. The lowest BCUT2D eigenvalue weighted by atomic mass is 10.0. The standard InChI is InChI=1S/C16H13N3O2S/c20-14-6-2-5-13(8-14)12-4-1-3-11(7-12)9-17-19-16-18-15(21)10-22-16/h1-9,20H,10H2,(H,18,19,21). The fourth-order valence-electron chi connectivity index (χ4n) is 2.01. The largest absolute Gasteiger partial charge is 0.508 e. The fraction of sp³-hybridized carbons (Fsp3) is 0.0625. The van der Waals surface area contributed by atoms with Crippen molar-refractivity contribution in [2.45, 2.75) is 0 Å². The molecule has 0 spiro atoms. The molecular formula is C16H13N3O2S. The Kier molecular flexibility index (Phi) is 4.20. The molecule has 0 unspecified atom stereocenters. The molecule has 0 saturated carbocycles. The maximum atomic E-state index is 11.0. The van der Waals surface area contributed by atoms with Crippen LogP contribution in [0.5, 0.6) is 5.75 Å². The van der Waals surface area contributed by atoms with E-state index in [0.29, 0.717) is 10.9 Å². The van der Waals surface area contributed by atoms with Crippen LogP contribution in [-0.2, 0) is 4.79 Å². The van der Waals surface area contributed by atoms with Crippen LogP contribution in [0.4, 0.5) is 0 Å². The van der Waals surface area contributed by atoms with Crippen molar-refractivity contribution in [3.8, 4) is 16.9 Å². The van der Waals surface area contributed by atoms with Crippen molar-refractivity contribution >= 4 is 29.1 Å². The van der Waals surface area contributed by atoms with Crippen molar-refractivity contribution in [1.82, 2.24) is 5.32 Å². The summed E-state index contributed by atoms with van der Waals surface area (Å²) in [7, 11) is 0. The first-order valence-electron chi connectivity index (χ1n) is 6.64. The summed E-state index contributed by atoms with van der Waals surface area (Å²) in [5, 5.41) is 20.6. The molecule has 1 fully saturated rings. The lowest BCUT2D eigenvalue weighted by molar-refractivity contribution is -0.116. The second-order valence-electron chi connectivity index (χ2n) is 4.66. The van der Waals surface area contributed by atoms with Crippen molar-refractivity contribution in [2.24, 2.45) is 10.2 Å². The summed E-state index contributed by atoms with van der Waals surface area (Å²) in [5.74, 6) is 0.572. The third-order valence-corrected chi connectivity index (χ3v) is 3.87. The van der Waals surface area contributed by atoms with Gasteiger partial charge in [-0.3, -0.25) is 4.79 Å². The van der Waals surface area contributed by atoms with Crippen molar-refractivity contribution in [3.05, 3.63) is 54.1 Å². The summed E-state index contributed by atoms with van der Waals surface area (Å²) >= 11 is 1.34. The molecule has 5 nitrogen and oxygen atoms in total. The smallest absolute Gasteiger partial charge is 0.236 e. The normalized spacial score (nSPS) is 16.4. The van der Waals surface area contributed by atoms with Gasteiger partial charge in [0, 0.05) is 0 Å². The van der Waals surface area contributed by atoms with E-state index in [9.17, 15) is 9.90 Å². The molecule has 1 amide bonds. The van der Waals surface area contributed by atoms with Crippen LogP contribution in [0.15, 0.2) is 58.7 Å². The molecule has 2 aromatic rings. The summed E-state index contributed by atoms with van der Waals surface area (Å²) in [5.41, 5.74) is 2.80. The molecule has 2 N–H and O–H groups in total. The number of hydrogen-bond donors (Lipinski definition) is 2. The first-order chi connectivity index (χ1) is 10.7. The van der Waals surface area contributed by atoms with Gasteiger partial charge in [0.2, 0.25) is 5.91 Å². The number of nitrogens with zero attached hydrogens (tertiary/aromatic N) is 2. The van der Waals surface area contributed by atoms with Gasteiger partial charge in [0.25, 0.3) is 0 Å². The van der Waals surface area contributed by atoms with Crippen molar-refractivity contribution in [3.63, 3.8) is 0 Å². The Labute approximate surface area is 131 Å². The third-order valence-electron chi connectivity index (χ3n) is 3.01. The Balaban J connectivity index is 1.78. The number of nitrogens with one attached hydrogen (secondary N) is 1. The first-order valence-corrected chi connectivity index (χ1v) is 7.62. The number of hydrogen-bond acceptors (Lipinski definition) is 5. The van der Waals surface area contributed by atoms with Crippen molar-refractivity contribution in [2.75, 3.05) is 5.75 Å². The molecule has 1 aliphatic heterocycles. The van der Waals surface area contributed by atoms with Gasteiger partial charge >= 0.3 is 0 Å². The number of aromatic hydroxyl groups is 1. The second-order valence-corrected chi connectivity index (χ2v) is 5.63. The van der Waals surface area contributed by atoms with E-state index in [1.165, 1.54) is 11.8 Å². The van der Waals surface area contributed by atoms with E-state index in [2.05, 4.69) is 15.5 Å². The van der Waals surface area contributed by atoms with Crippen LogP contribution in [0.25, 0.3) is 11.1 Å². The van der Waals surface area contributed by atoms with Gasteiger partial charge in [0.15, 0.2) is 5.17 Å². The summed E-state index contributed by atoms with van der Waals surface area (Å²) in [6, 6.07) is 14.8. The van der Waals surface area contributed by atoms with Crippen LogP contribution in [-0.4, -0.2) is 28.1 Å². The van der Waals surface area contributed by atoms with E-state index >= 15 is 0 Å².